The molecule has 0 aliphatic rings. The molecule has 17 heavy (non-hydrogen) atoms. The van der Waals surface area contributed by atoms with Crippen LogP contribution >= 0.6 is 0 Å². The summed E-state index contributed by atoms with van der Waals surface area (Å²) < 4.78 is 1.76. The number of rotatable bonds is 4. The van der Waals surface area contributed by atoms with Crippen molar-refractivity contribution >= 4 is 11.7 Å². The quantitative estimate of drug-likeness (QED) is 0.768. The van der Waals surface area contributed by atoms with Gasteiger partial charge in [-0.2, -0.15) is 5.10 Å². The number of nitrogens with zero attached hydrogens (tertiary/aromatic N) is 4. The average molecular weight is 232 g/mol. The fraction of sp³-hybridized carbons (Fsp3) is 0.200. The van der Waals surface area contributed by atoms with Gasteiger partial charge in [0.25, 0.3) is 5.91 Å². The van der Waals surface area contributed by atoms with Crippen molar-refractivity contribution in [3.63, 3.8) is 0 Å². The number of nitrogens with two attached hydrogens (primary N) is 1. The third kappa shape index (κ3) is 2.57. The second kappa shape index (κ2) is 4.60. The number of amides is 1. The summed E-state index contributed by atoms with van der Waals surface area (Å²) in [6, 6.07) is 5.09. The number of hydrogen-bond acceptors (Lipinski definition) is 5. The highest BCUT2D eigenvalue weighted by Gasteiger charge is 2.03. The van der Waals surface area contributed by atoms with Crippen LogP contribution < -0.4 is 11.1 Å². The minimum atomic E-state index is -0.587. The number of carbonyl (C=O) groups is 1. The molecule has 0 spiro atoms. The smallest absolute Gasteiger partial charge is 0.269 e. The summed E-state index contributed by atoms with van der Waals surface area (Å²) in [5.41, 5.74) is 6.23. The molecule has 0 saturated heterocycles. The molecular formula is C10H12N6O. The molecule has 0 radical (unpaired) electrons. The molecule has 0 aromatic carbocycles. The van der Waals surface area contributed by atoms with Gasteiger partial charge in [-0.1, -0.05) is 0 Å². The van der Waals surface area contributed by atoms with Crippen molar-refractivity contribution in [2.24, 2.45) is 12.8 Å². The Bertz CT molecular complexity index is 518. The lowest BCUT2D eigenvalue weighted by molar-refractivity contribution is 0.0994. The normalized spacial score (nSPS) is 10.2. The summed E-state index contributed by atoms with van der Waals surface area (Å²) in [5.74, 6) is -0.00751. The maximum Gasteiger partial charge on any atom is 0.269 e. The van der Waals surface area contributed by atoms with Gasteiger partial charge < -0.3 is 11.1 Å². The highest BCUT2D eigenvalue weighted by atomic mass is 16.1. The minimum Gasteiger partial charge on any atom is -0.364 e. The van der Waals surface area contributed by atoms with Gasteiger partial charge in [0, 0.05) is 13.2 Å². The third-order valence-corrected chi connectivity index (χ3v) is 2.29. The van der Waals surface area contributed by atoms with Gasteiger partial charge in [0.2, 0.25) is 0 Å². The number of nitrogens with one attached hydrogen (secondary N) is 1. The Morgan fingerprint density at radius 2 is 2.24 bits per heavy atom. The number of aromatic nitrogens is 4. The van der Waals surface area contributed by atoms with Crippen molar-refractivity contribution in [1.82, 2.24) is 20.0 Å². The summed E-state index contributed by atoms with van der Waals surface area (Å²) in [7, 11) is 1.86. The van der Waals surface area contributed by atoms with E-state index in [0.29, 0.717) is 12.4 Å². The number of primary amides is 1. The second-order valence-corrected chi connectivity index (χ2v) is 3.47. The van der Waals surface area contributed by atoms with E-state index < -0.39 is 5.91 Å². The van der Waals surface area contributed by atoms with E-state index in [0.717, 1.165) is 5.69 Å². The molecule has 2 rings (SSSR count). The van der Waals surface area contributed by atoms with Crippen LogP contribution in [0, 0.1) is 0 Å². The van der Waals surface area contributed by atoms with Gasteiger partial charge in [0.1, 0.15) is 5.82 Å². The van der Waals surface area contributed by atoms with Crippen molar-refractivity contribution in [3.8, 4) is 0 Å². The first-order valence-corrected chi connectivity index (χ1v) is 5.01. The van der Waals surface area contributed by atoms with E-state index in [1.165, 1.54) is 6.07 Å². The summed E-state index contributed by atoms with van der Waals surface area (Å²) in [6.45, 7) is 0.584. The summed E-state index contributed by atoms with van der Waals surface area (Å²) in [5, 5.41) is 14.6. The predicted molar refractivity (Wildman–Crippen MR) is 61.1 cm³/mol. The first-order chi connectivity index (χ1) is 8.16. The van der Waals surface area contributed by atoms with Gasteiger partial charge in [0.15, 0.2) is 5.69 Å². The number of carbonyl (C=O) groups excluding carboxylic acids is 1. The fourth-order valence-corrected chi connectivity index (χ4v) is 1.31. The number of hydrogen-bond donors (Lipinski definition) is 2. The molecular weight excluding hydrogens is 220 g/mol. The molecule has 88 valence electrons. The Morgan fingerprint density at radius 1 is 1.41 bits per heavy atom. The second-order valence-electron chi connectivity index (χ2n) is 3.47. The van der Waals surface area contributed by atoms with Crippen LogP contribution in [-0.2, 0) is 13.6 Å². The molecule has 0 unspecified atom stereocenters. The van der Waals surface area contributed by atoms with Crippen molar-refractivity contribution in [1.29, 1.82) is 0 Å². The van der Waals surface area contributed by atoms with Gasteiger partial charge in [0.05, 0.1) is 12.2 Å². The number of anilines is 1. The van der Waals surface area contributed by atoms with Crippen molar-refractivity contribution < 1.29 is 4.79 Å². The Balaban J connectivity index is 2.00. The summed E-state index contributed by atoms with van der Waals surface area (Å²) >= 11 is 0. The zero-order chi connectivity index (χ0) is 12.3. The maximum absolute atomic E-state index is 10.8. The first-order valence-electron chi connectivity index (χ1n) is 5.01. The lowest BCUT2D eigenvalue weighted by Crippen LogP contribution is -2.14. The lowest BCUT2D eigenvalue weighted by atomic mass is 10.3. The zero-order valence-electron chi connectivity index (χ0n) is 9.29. The molecule has 3 N–H and O–H groups in total. The summed E-state index contributed by atoms with van der Waals surface area (Å²) in [4.78, 5) is 10.8. The van der Waals surface area contributed by atoms with Crippen LogP contribution in [0.1, 0.15) is 16.2 Å². The van der Waals surface area contributed by atoms with Crippen LogP contribution in [0.5, 0.6) is 0 Å². The lowest BCUT2D eigenvalue weighted by Gasteiger charge is -2.05. The van der Waals surface area contributed by atoms with Crippen LogP contribution in [0.3, 0.4) is 0 Å². The molecule has 0 aliphatic heterocycles. The molecule has 0 bridgehead atoms. The molecule has 1 amide bonds. The molecule has 2 aromatic heterocycles. The Labute approximate surface area is 97.6 Å². The Morgan fingerprint density at radius 3 is 2.76 bits per heavy atom. The maximum atomic E-state index is 10.8. The minimum absolute atomic E-state index is 0.149. The van der Waals surface area contributed by atoms with E-state index in [1.807, 2.05) is 13.1 Å². The highest BCUT2D eigenvalue weighted by Crippen LogP contribution is 2.04. The number of aryl methyl sites for hydroxylation is 1. The van der Waals surface area contributed by atoms with Gasteiger partial charge in [-0.15, -0.1) is 10.2 Å². The van der Waals surface area contributed by atoms with Crippen LogP contribution in [0.2, 0.25) is 0 Å². The van der Waals surface area contributed by atoms with Crippen LogP contribution in [0.15, 0.2) is 24.4 Å². The molecule has 0 atom stereocenters. The topological polar surface area (TPSA) is 98.7 Å². The molecule has 0 fully saturated rings. The molecule has 0 saturated carbocycles. The standard InChI is InChI=1S/C10H12N6O/c1-16-7(4-5-13-16)6-12-9-3-2-8(10(11)17)14-15-9/h2-5H,6H2,1H3,(H2,11,17)(H,12,15). The van der Waals surface area contributed by atoms with Crippen LogP contribution in [0.4, 0.5) is 5.82 Å². The van der Waals surface area contributed by atoms with E-state index in [4.69, 9.17) is 5.73 Å². The van der Waals surface area contributed by atoms with Gasteiger partial charge in [-0.25, -0.2) is 0 Å². The largest absolute Gasteiger partial charge is 0.364 e. The Kier molecular flexibility index (Phi) is 2.99. The molecule has 7 nitrogen and oxygen atoms in total. The van der Waals surface area contributed by atoms with Gasteiger partial charge >= 0.3 is 0 Å². The first kappa shape index (κ1) is 11.1. The molecule has 0 aliphatic carbocycles. The summed E-state index contributed by atoms with van der Waals surface area (Å²) in [6.07, 6.45) is 1.72. The van der Waals surface area contributed by atoms with E-state index >= 15 is 0 Å². The van der Waals surface area contributed by atoms with Crippen molar-refractivity contribution in [3.05, 3.63) is 35.8 Å². The molecule has 2 heterocycles. The van der Waals surface area contributed by atoms with Gasteiger partial charge in [-0.05, 0) is 18.2 Å². The van der Waals surface area contributed by atoms with Crippen molar-refractivity contribution in [2.75, 3.05) is 5.32 Å². The Hall–Kier alpha value is -2.44. The highest BCUT2D eigenvalue weighted by molar-refractivity contribution is 5.90. The SMILES string of the molecule is Cn1nccc1CNc1ccc(C(N)=O)nn1. The van der Waals surface area contributed by atoms with E-state index in [2.05, 4.69) is 20.6 Å². The zero-order valence-corrected chi connectivity index (χ0v) is 9.29. The fourth-order valence-electron chi connectivity index (χ4n) is 1.31. The average Bonchev–Trinajstić information content (AvgIpc) is 2.73. The van der Waals surface area contributed by atoms with Crippen LogP contribution in [0.25, 0.3) is 0 Å². The van der Waals surface area contributed by atoms with Gasteiger partial charge in [-0.3, -0.25) is 9.48 Å². The van der Waals surface area contributed by atoms with Crippen LogP contribution in [-0.4, -0.2) is 25.9 Å². The molecule has 7 heteroatoms. The van der Waals surface area contributed by atoms with Crippen molar-refractivity contribution in [2.45, 2.75) is 6.54 Å². The van der Waals surface area contributed by atoms with E-state index in [9.17, 15) is 4.79 Å². The van der Waals surface area contributed by atoms with E-state index in [-0.39, 0.29) is 5.69 Å². The molecule has 2 aromatic rings. The van der Waals surface area contributed by atoms with E-state index in [1.54, 1.807) is 16.9 Å². The third-order valence-electron chi connectivity index (χ3n) is 2.29. The monoisotopic (exact) mass is 232 g/mol. The predicted octanol–water partition coefficient (Wildman–Crippen LogP) is -0.0789.